The van der Waals surface area contributed by atoms with Gasteiger partial charge in [0, 0.05) is 12.1 Å². The predicted molar refractivity (Wildman–Crippen MR) is 63.3 cm³/mol. The molecule has 0 amide bonds. The molecule has 0 saturated carbocycles. The van der Waals surface area contributed by atoms with Crippen LogP contribution in [0.2, 0.25) is 0 Å². The Kier molecular flexibility index (Phi) is 1.95. The summed E-state index contributed by atoms with van der Waals surface area (Å²) in [5, 5.41) is 6.03. The van der Waals surface area contributed by atoms with Crippen molar-refractivity contribution in [3.05, 3.63) is 59.0 Å². The lowest BCUT2D eigenvalue weighted by Gasteiger charge is -2.20. The predicted octanol–water partition coefficient (Wildman–Crippen LogP) is 0.919. The van der Waals surface area contributed by atoms with Crippen molar-refractivity contribution in [3.8, 4) is 0 Å². The second-order valence-corrected chi connectivity index (χ2v) is 3.98. The fourth-order valence-corrected chi connectivity index (χ4v) is 2.14. The normalized spacial score (nSPS) is 26.4. The Hall–Kier alpha value is -1.76. The van der Waals surface area contributed by atoms with Crippen LogP contribution in [-0.4, -0.2) is 6.04 Å². The van der Waals surface area contributed by atoms with Gasteiger partial charge in [0.1, 0.15) is 0 Å². The maximum atomic E-state index is 3.45. The first-order valence-corrected chi connectivity index (χ1v) is 5.32. The Morgan fingerprint density at radius 3 is 2.67 bits per heavy atom. The molecule has 0 bridgehead atoms. The molecule has 1 N–H and O–H groups in total. The molecule has 1 aromatic carbocycles. The first-order valence-electron chi connectivity index (χ1n) is 5.32. The second kappa shape index (κ2) is 3.43. The fourth-order valence-electron chi connectivity index (χ4n) is 2.14. The summed E-state index contributed by atoms with van der Waals surface area (Å²) in [5.41, 5.74) is 0. The fraction of sp³-hybridized carbons (Fsp3) is 0.143. The van der Waals surface area contributed by atoms with Crippen LogP contribution in [0.3, 0.4) is 0 Å². The third kappa shape index (κ3) is 1.50. The maximum absolute atomic E-state index is 3.45. The molecule has 1 heteroatoms. The van der Waals surface area contributed by atoms with Crippen molar-refractivity contribution in [1.29, 1.82) is 0 Å². The smallest absolute Gasteiger partial charge is 0.0540 e. The summed E-state index contributed by atoms with van der Waals surface area (Å²) in [7, 11) is 0. The van der Waals surface area contributed by atoms with E-state index in [0.29, 0.717) is 12.0 Å². The van der Waals surface area contributed by atoms with Crippen LogP contribution < -0.4 is 15.8 Å². The third-order valence-corrected chi connectivity index (χ3v) is 2.98. The van der Waals surface area contributed by atoms with Crippen molar-refractivity contribution in [2.24, 2.45) is 5.92 Å². The Labute approximate surface area is 89.1 Å². The average molecular weight is 195 g/mol. The highest BCUT2D eigenvalue weighted by molar-refractivity contribution is 5.43. The zero-order chi connectivity index (χ0) is 10.1. The summed E-state index contributed by atoms with van der Waals surface area (Å²) < 4.78 is 0. The van der Waals surface area contributed by atoms with Gasteiger partial charge in [-0.05, 0) is 10.4 Å². The van der Waals surface area contributed by atoms with Crippen LogP contribution in [0.1, 0.15) is 0 Å². The minimum Gasteiger partial charge on any atom is -0.383 e. The van der Waals surface area contributed by atoms with Crippen LogP contribution >= 0.6 is 0 Å². The highest BCUT2D eigenvalue weighted by Gasteiger charge is 2.15. The van der Waals surface area contributed by atoms with E-state index in [1.807, 2.05) is 0 Å². The highest BCUT2D eigenvalue weighted by Crippen LogP contribution is 2.14. The van der Waals surface area contributed by atoms with Crippen LogP contribution in [0.15, 0.2) is 48.6 Å². The van der Waals surface area contributed by atoms with Gasteiger partial charge in [-0.1, -0.05) is 54.6 Å². The quantitative estimate of drug-likeness (QED) is 0.649. The molecule has 1 aliphatic heterocycles. The summed E-state index contributed by atoms with van der Waals surface area (Å²) >= 11 is 0. The van der Waals surface area contributed by atoms with Gasteiger partial charge in [-0.2, -0.15) is 0 Å². The first kappa shape index (κ1) is 8.54. The van der Waals surface area contributed by atoms with Gasteiger partial charge in [-0.3, -0.25) is 0 Å². The first-order chi connectivity index (χ1) is 7.43. The zero-order valence-electron chi connectivity index (χ0n) is 8.43. The molecule has 2 unspecified atom stereocenters. The molecule has 0 aromatic heterocycles. The van der Waals surface area contributed by atoms with Gasteiger partial charge < -0.3 is 5.32 Å². The Balaban J connectivity index is 2.19. The summed E-state index contributed by atoms with van der Waals surface area (Å²) in [6.07, 6.45) is 13.1. The molecule has 2 aliphatic rings. The summed E-state index contributed by atoms with van der Waals surface area (Å²) in [6, 6.07) is 8.88. The molecular formula is C14H13N. The van der Waals surface area contributed by atoms with Gasteiger partial charge in [-0.15, -0.1) is 0 Å². The second-order valence-electron chi connectivity index (χ2n) is 3.98. The van der Waals surface area contributed by atoms with Crippen molar-refractivity contribution >= 4 is 12.3 Å². The maximum Gasteiger partial charge on any atom is 0.0540 e. The average Bonchev–Trinajstić information content (AvgIpc) is 2.48. The molecule has 1 aliphatic carbocycles. The number of fused-ring (bicyclic) bond motifs is 2. The van der Waals surface area contributed by atoms with Crippen LogP contribution in [0.25, 0.3) is 12.3 Å². The topological polar surface area (TPSA) is 12.0 Å². The molecule has 0 fully saturated rings. The monoisotopic (exact) mass is 195 g/mol. The van der Waals surface area contributed by atoms with E-state index < -0.39 is 0 Å². The number of hydrogen-bond donors (Lipinski definition) is 1. The molecule has 2 atom stereocenters. The van der Waals surface area contributed by atoms with Gasteiger partial charge in [0.2, 0.25) is 0 Å². The number of allylic oxidation sites excluding steroid dienone is 2. The van der Waals surface area contributed by atoms with Crippen molar-refractivity contribution < 1.29 is 0 Å². The van der Waals surface area contributed by atoms with Crippen LogP contribution in [0.5, 0.6) is 0 Å². The Morgan fingerprint density at radius 1 is 0.933 bits per heavy atom. The summed E-state index contributed by atoms with van der Waals surface area (Å²) in [5.74, 6) is 0.468. The van der Waals surface area contributed by atoms with Gasteiger partial charge in [0.25, 0.3) is 0 Å². The minimum atomic E-state index is 0.405. The van der Waals surface area contributed by atoms with E-state index in [0.717, 1.165) is 0 Å². The van der Waals surface area contributed by atoms with Crippen LogP contribution in [0, 0.1) is 5.92 Å². The van der Waals surface area contributed by atoms with Crippen molar-refractivity contribution in [1.82, 2.24) is 5.32 Å². The molecule has 3 rings (SSSR count). The molecule has 1 nitrogen and oxygen atoms in total. The lowest BCUT2D eigenvalue weighted by Crippen LogP contribution is -2.29. The van der Waals surface area contributed by atoms with Gasteiger partial charge in [0.15, 0.2) is 0 Å². The molecule has 15 heavy (non-hydrogen) atoms. The van der Waals surface area contributed by atoms with Crippen LogP contribution in [-0.2, 0) is 0 Å². The van der Waals surface area contributed by atoms with E-state index >= 15 is 0 Å². The summed E-state index contributed by atoms with van der Waals surface area (Å²) in [4.78, 5) is 0. The molecule has 74 valence electrons. The third-order valence-electron chi connectivity index (χ3n) is 2.98. The van der Waals surface area contributed by atoms with E-state index in [4.69, 9.17) is 0 Å². The number of nitrogens with one attached hydrogen (secondary N) is 1. The Morgan fingerprint density at radius 2 is 1.73 bits per heavy atom. The Bertz CT molecular complexity index is 537. The molecule has 1 aromatic rings. The number of rotatable bonds is 0. The van der Waals surface area contributed by atoms with Crippen molar-refractivity contribution in [3.63, 3.8) is 0 Å². The number of hydrogen-bond acceptors (Lipinski definition) is 1. The van der Waals surface area contributed by atoms with Gasteiger partial charge in [0.05, 0.1) is 6.04 Å². The lowest BCUT2D eigenvalue weighted by atomic mass is 9.94. The largest absolute Gasteiger partial charge is 0.383 e. The van der Waals surface area contributed by atoms with Gasteiger partial charge >= 0.3 is 0 Å². The number of benzene rings is 1. The van der Waals surface area contributed by atoms with Crippen molar-refractivity contribution in [2.45, 2.75) is 6.04 Å². The van der Waals surface area contributed by atoms with E-state index in [2.05, 4.69) is 66.2 Å². The van der Waals surface area contributed by atoms with Crippen LogP contribution in [0.4, 0.5) is 0 Å². The van der Waals surface area contributed by atoms with E-state index in [9.17, 15) is 0 Å². The minimum absolute atomic E-state index is 0.405. The standard InChI is InChI=1S/C14H13N/c1-2-7-13-10-15-14-8-4-3-6-12(14)9-11(13)5-1/h1-10,12,14-15H. The van der Waals surface area contributed by atoms with E-state index in [-0.39, 0.29) is 0 Å². The van der Waals surface area contributed by atoms with E-state index in [1.165, 1.54) is 10.4 Å². The molecular weight excluding hydrogens is 182 g/mol. The molecule has 0 saturated heterocycles. The summed E-state index contributed by atoms with van der Waals surface area (Å²) in [6.45, 7) is 0. The lowest BCUT2D eigenvalue weighted by molar-refractivity contribution is 0.647. The van der Waals surface area contributed by atoms with Crippen molar-refractivity contribution in [2.75, 3.05) is 0 Å². The molecule has 0 radical (unpaired) electrons. The highest BCUT2D eigenvalue weighted by atomic mass is 14.9. The van der Waals surface area contributed by atoms with Gasteiger partial charge in [-0.25, -0.2) is 0 Å². The SMILES string of the molecule is C1=CC2C=c3ccccc3=CNC2C=C1. The molecule has 1 heterocycles. The van der Waals surface area contributed by atoms with E-state index in [1.54, 1.807) is 0 Å². The zero-order valence-corrected chi connectivity index (χ0v) is 8.43. The molecule has 0 spiro atoms.